The second-order valence-electron chi connectivity index (χ2n) is 6.57. The van der Waals surface area contributed by atoms with Gasteiger partial charge in [0.15, 0.2) is 6.61 Å². The minimum absolute atomic E-state index is 0.230. The number of carbonyl (C=O) groups excluding carboxylic acids is 2. The number of amides is 1. The van der Waals surface area contributed by atoms with Gasteiger partial charge < -0.3 is 10.1 Å². The van der Waals surface area contributed by atoms with Crippen LogP contribution in [0.2, 0.25) is 0 Å². The minimum atomic E-state index is -0.407. The maximum atomic E-state index is 12.1. The van der Waals surface area contributed by atoms with Gasteiger partial charge in [0.25, 0.3) is 5.91 Å². The van der Waals surface area contributed by atoms with Crippen molar-refractivity contribution in [2.75, 3.05) is 11.9 Å². The number of carbonyl (C=O) groups is 2. The van der Waals surface area contributed by atoms with Gasteiger partial charge in [0.2, 0.25) is 0 Å². The number of aryl methyl sites for hydroxylation is 2. The Hall–Kier alpha value is -2.65. The quantitative estimate of drug-likeness (QED) is 0.605. The number of nitrogens with zero attached hydrogens (tertiary/aromatic N) is 1. The lowest BCUT2D eigenvalue weighted by Gasteiger charge is -2.06. The van der Waals surface area contributed by atoms with E-state index in [-0.39, 0.29) is 13.0 Å². The minimum Gasteiger partial charge on any atom is -0.456 e. The van der Waals surface area contributed by atoms with E-state index in [1.807, 2.05) is 30.3 Å². The fourth-order valence-corrected chi connectivity index (χ4v) is 4.48. The first kappa shape index (κ1) is 19.1. The molecule has 1 N–H and O–H groups in total. The summed E-state index contributed by atoms with van der Waals surface area (Å²) in [6.07, 6.45) is 6.02. The zero-order chi connectivity index (χ0) is 19.1. The molecule has 1 aliphatic carbocycles. The van der Waals surface area contributed by atoms with Crippen molar-refractivity contribution >= 4 is 28.2 Å². The fourth-order valence-electron chi connectivity index (χ4n) is 3.22. The van der Waals surface area contributed by atoms with Crippen LogP contribution in [0, 0.1) is 11.3 Å². The van der Waals surface area contributed by atoms with Crippen LogP contribution in [0.25, 0.3) is 0 Å². The van der Waals surface area contributed by atoms with Crippen molar-refractivity contribution in [1.82, 2.24) is 0 Å². The lowest BCUT2D eigenvalue weighted by Crippen LogP contribution is -2.21. The predicted octanol–water partition coefficient (Wildman–Crippen LogP) is 4.00. The lowest BCUT2D eigenvalue weighted by atomic mass is 10.1. The van der Waals surface area contributed by atoms with Gasteiger partial charge >= 0.3 is 5.97 Å². The third kappa shape index (κ3) is 5.18. The van der Waals surface area contributed by atoms with Gasteiger partial charge in [-0.2, -0.15) is 5.26 Å². The van der Waals surface area contributed by atoms with E-state index in [0.717, 1.165) is 36.8 Å². The van der Waals surface area contributed by atoms with Crippen LogP contribution in [-0.2, 0) is 33.6 Å². The van der Waals surface area contributed by atoms with E-state index >= 15 is 0 Å². The van der Waals surface area contributed by atoms with E-state index in [1.54, 1.807) is 0 Å². The fraction of sp³-hybridized carbons (Fsp3) is 0.381. The van der Waals surface area contributed by atoms with Gasteiger partial charge in [-0.15, -0.1) is 11.3 Å². The van der Waals surface area contributed by atoms with Crippen molar-refractivity contribution in [3.8, 4) is 6.07 Å². The van der Waals surface area contributed by atoms with Crippen LogP contribution < -0.4 is 5.32 Å². The van der Waals surface area contributed by atoms with E-state index < -0.39 is 11.9 Å². The zero-order valence-electron chi connectivity index (χ0n) is 15.1. The molecule has 3 rings (SSSR count). The maximum Gasteiger partial charge on any atom is 0.306 e. The molecule has 2 aromatic rings. The van der Waals surface area contributed by atoms with Crippen LogP contribution >= 0.6 is 11.3 Å². The first-order chi connectivity index (χ1) is 13.2. The summed E-state index contributed by atoms with van der Waals surface area (Å²) in [6, 6.07) is 11.9. The molecular weight excluding hydrogens is 360 g/mol. The smallest absolute Gasteiger partial charge is 0.306 e. The summed E-state index contributed by atoms with van der Waals surface area (Å²) >= 11 is 1.48. The number of hydrogen-bond donors (Lipinski definition) is 1. The first-order valence-corrected chi connectivity index (χ1v) is 10.0. The third-order valence-electron chi connectivity index (χ3n) is 4.61. The number of nitrogens with one attached hydrogen (secondary N) is 1. The average molecular weight is 382 g/mol. The molecule has 0 bridgehead atoms. The van der Waals surface area contributed by atoms with Crippen LogP contribution in [-0.4, -0.2) is 18.5 Å². The van der Waals surface area contributed by atoms with Crippen LogP contribution in [0.1, 0.15) is 47.3 Å². The Morgan fingerprint density at radius 2 is 1.93 bits per heavy atom. The molecule has 27 heavy (non-hydrogen) atoms. The molecule has 1 aromatic carbocycles. The molecule has 0 atom stereocenters. The molecule has 1 aliphatic rings. The van der Waals surface area contributed by atoms with Crippen molar-refractivity contribution in [2.24, 2.45) is 0 Å². The molecule has 0 radical (unpaired) electrons. The van der Waals surface area contributed by atoms with Crippen molar-refractivity contribution in [3.63, 3.8) is 0 Å². The van der Waals surface area contributed by atoms with E-state index in [2.05, 4.69) is 11.4 Å². The number of fused-ring (bicyclic) bond motifs is 1. The summed E-state index contributed by atoms with van der Waals surface area (Å²) < 4.78 is 5.06. The molecule has 1 aromatic heterocycles. The summed E-state index contributed by atoms with van der Waals surface area (Å²) in [6.45, 7) is -0.332. The van der Waals surface area contributed by atoms with Gasteiger partial charge in [-0.25, -0.2) is 0 Å². The summed E-state index contributed by atoms with van der Waals surface area (Å²) in [4.78, 5) is 25.2. The summed E-state index contributed by atoms with van der Waals surface area (Å²) in [5.41, 5.74) is 2.70. The molecule has 5 nitrogen and oxygen atoms in total. The zero-order valence-corrected chi connectivity index (χ0v) is 15.9. The van der Waals surface area contributed by atoms with Gasteiger partial charge in [0.05, 0.1) is 5.56 Å². The maximum absolute atomic E-state index is 12.1. The van der Waals surface area contributed by atoms with E-state index in [0.29, 0.717) is 17.0 Å². The first-order valence-electron chi connectivity index (χ1n) is 9.21. The summed E-state index contributed by atoms with van der Waals surface area (Å²) in [5, 5.41) is 12.8. The Bertz CT molecular complexity index is 852. The molecule has 0 fully saturated rings. The number of thiophene rings is 1. The molecule has 0 saturated heterocycles. The summed E-state index contributed by atoms with van der Waals surface area (Å²) in [5.74, 6) is -0.813. The third-order valence-corrected chi connectivity index (χ3v) is 5.82. The number of esters is 1. The van der Waals surface area contributed by atoms with Gasteiger partial charge in [0.1, 0.15) is 11.1 Å². The highest BCUT2D eigenvalue weighted by Crippen LogP contribution is 2.36. The number of anilines is 1. The SMILES string of the molecule is N#Cc1c(NC(=O)COC(=O)CCc2ccccc2)sc2c1CCCCC2. The standard InChI is InChI=1S/C21H22N2O3S/c22-13-17-16-9-5-2-6-10-18(16)27-21(17)23-19(24)14-26-20(25)12-11-15-7-3-1-4-8-15/h1,3-4,7-8H,2,5-6,9-12,14H2,(H,23,24). The van der Waals surface area contributed by atoms with Crippen molar-refractivity contribution in [1.29, 1.82) is 5.26 Å². The molecule has 0 saturated carbocycles. The Morgan fingerprint density at radius 1 is 1.15 bits per heavy atom. The number of hydrogen-bond acceptors (Lipinski definition) is 5. The molecular formula is C21H22N2O3S. The highest BCUT2D eigenvalue weighted by molar-refractivity contribution is 7.16. The number of benzene rings is 1. The monoisotopic (exact) mass is 382 g/mol. The second-order valence-corrected chi connectivity index (χ2v) is 7.68. The van der Waals surface area contributed by atoms with E-state index in [9.17, 15) is 14.9 Å². The number of nitriles is 1. The van der Waals surface area contributed by atoms with Crippen molar-refractivity contribution in [2.45, 2.75) is 44.9 Å². The summed E-state index contributed by atoms with van der Waals surface area (Å²) in [7, 11) is 0. The van der Waals surface area contributed by atoms with Gasteiger partial charge in [-0.3, -0.25) is 9.59 Å². The molecule has 0 spiro atoms. The van der Waals surface area contributed by atoms with Crippen LogP contribution in [0.15, 0.2) is 30.3 Å². The topological polar surface area (TPSA) is 79.2 Å². The molecule has 0 aliphatic heterocycles. The normalized spacial score (nSPS) is 13.1. The van der Waals surface area contributed by atoms with Gasteiger partial charge in [0, 0.05) is 11.3 Å². The lowest BCUT2D eigenvalue weighted by molar-refractivity contribution is -0.147. The Kier molecular flexibility index (Phi) is 6.61. The van der Waals surface area contributed by atoms with Crippen LogP contribution in [0.5, 0.6) is 0 Å². The average Bonchev–Trinajstić information content (AvgIpc) is 2.84. The largest absolute Gasteiger partial charge is 0.456 e. The van der Waals surface area contributed by atoms with Gasteiger partial charge in [-0.05, 0) is 43.2 Å². The van der Waals surface area contributed by atoms with Gasteiger partial charge in [-0.1, -0.05) is 36.8 Å². The highest BCUT2D eigenvalue weighted by atomic mass is 32.1. The molecule has 140 valence electrons. The van der Waals surface area contributed by atoms with Crippen molar-refractivity contribution in [3.05, 3.63) is 51.9 Å². The molecule has 6 heteroatoms. The van der Waals surface area contributed by atoms with Crippen LogP contribution in [0.3, 0.4) is 0 Å². The Morgan fingerprint density at radius 3 is 2.70 bits per heavy atom. The van der Waals surface area contributed by atoms with E-state index in [1.165, 1.54) is 22.6 Å². The predicted molar refractivity (Wildman–Crippen MR) is 105 cm³/mol. The molecule has 1 heterocycles. The highest BCUT2D eigenvalue weighted by Gasteiger charge is 2.21. The van der Waals surface area contributed by atoms with Crippen molar-refractivity contribution < 1.29 is 14.3 Å². The second kappa shape index (κ2) is 9.33. The Balaban J connectivity index is 1.51. The number of ether oxygens (including phenoxy) is 1. The van der Waals surface area contributed by atoms with Crippen LogP contribution in [0.4, 0.5) is 5.00 Å². The molecule has 0 unspecified atom stereocenters. The van der Waals surface area contributed by atoms with E-state index in [4.69, 9.17) is 4.74 Å². The number of rotatable bonds is 6. The Labute approximate surface area is 163 Å². The molecule has 1 amide bonds.